The first kappa shape index (κ1) is 20.8. The van der Waals surface area contributed by atoms with Gasteiger partial charge in [0, 0.05) is 16.3 Å². The summed E-state index contributed by atoms with van der Waals surface area (Å²) in [6, 6.07) is 16.7. The molecule has 1 aliphatic heterocycles. The zero-order valence-corrected chi connectivity index (χ0v) is 18.1. The van der Waals surface area contributed by atoms with E-state index in [1.165, 1.54) is 0 Å². The third-order valence-electron chi connectivity index (χ3n) is 3.95. The van der Waals surface area contributed by atoms with Crippen molar-refractivity contribution in [2.24, 2.45) is 0 Å². The smallest absolute Gasteiger partial charge is 0.309 e. The number of hydrogen-bond acceptors (Lipinski definition) is 3. The van der Waals surface area contributed by atoms with Gasteiger partial charge in [0.05, 0.1) is 0 Å². The van der Waals surface area contributed by atoms with Gasteiger partial charge in [-0.2, -0.15) is 0 Å². The second-order valence-electron chi connectivity index (χ2n) is 5.65. The van der Waals surface area contributed by atoms with E-state index in [2.05, 4.69) is 15.6 Å². The van der Waals surface area contributed by atoms with Gasteiger partial charge in [-0.3, -0.25) is 9.79 Å². The Morgan fingerprint density at radius 2 is 1.81 bits per heavy atom. The van der Waals surface area contributed by atoms with Gasteiger partial charge in [-0.05, 0) is 49.2 Å². The van der Waals surface area contributed by atoms with Crippen molar-refractivity contribution in [3.05, 3.63) is 76.5 Å². The van der Waals surface area contributed by atoms with Crippen molar-refractivity contribution in [2.45, 2.75) is 13.0 Å². The molecule has 0 aromatic heterocycles. The van der Waals surface area contributed by atoms with Gasteiger partial charge in [0.15, 0.2) is 6.04 Å². The molecule has 0 aliphatic carbocycles. The van der Waals surface area contributed by atoms with Gasteiger partial charge >= 0.3 is 5.17 Å². The maximum atomic E-state index is 12.9. The molecule has 3 N–H and O–H groups in total. The first-order valence-electron chi connectivity index (χ1n) is 7.85. The van der Waals surface area contributed by atoms with Crippen LogP contribution in [0.3, 0.4) is 0 Å². The summed E-state index contributed by atoms with van der Waals surface area (Å²) in [6.45, 7) is 1.92. The highest BCUT2D eigenvalue weighted by Crippen LogP contribution is 2.25. The number of allylic oxidation sites excluding steroid dienone is 1. The molecule has 7 heteroatoms. The second kappa shape index (κ2) is 9.43. The number of rotatable bonds is 3. The maximum Gasteiger partial charge on any atom is 0.309 e. The number of nitrogens with one attached hydrogen (secondary N) is 3. The standard InChI is InChI=1S/C19H18ClN3OS.HI/c1-12-16(18(24)22-15-6-4-3-5-7-15)17(23-19(21-12)25-2)13-8-10-14(20)11-9-13;/h3-11,17H,1-2H3,(H,21,23)(H,22,24);1H. The Kier molecular flexibility index (Phi) is 7.55. The van der Waals surface area contributed by atoms with Crippen molar-refractivity contribution >= 4 is 40.1 Å². The fraction of sp³-hybridized carbons (Fsp3) is 0.158. The van der Waals surface area contributed by atoms with E-state index in [0.717, 1.165) is 22.1 Å². The molecular formula is C19H19ClIN3OS. The summed E-state index contributed by atoms with van der Waals surface area (Å²) in [5.74, 6) is -0.135. The Morgan fingerprint density at radius 1 is 1.15 bits per heavy atom. The Labute approximate surface area is 179 Å². The van der Waals surface area contributed by atoms with Crippen LogP contribution in [0, 0.1) is 0 Å². The second-order valence-corrected chi connectivity index (χ2v) is 6.90. The van der Waals surface area contributed by atoms with Gasteiger partial charge in [-0.1, -0.05) is 41.9 Å². The molecule has 0 saturated carbocycles. The molecule has 1 heterocycles. The van der Waals surface area contributed by atoms with Gasteiger partial charge in [0.1, 0.15) is 11.3 Å². The van der Waals surface area contributed by atoms with Crippen LogP contribution in [0.25, 0.3) is 0 Å². The molecule has 0 spiro atoms. The first-order chi connectivity index (χ1) is 12.1. The molecule has 0 fully saturated rings. The zero-order valence-electron chi connectivity index (χ0n) is 14.3. The minimum atomic E-state index is -0.246. The Balaban J connectivity index is 0.00000243. The maximum absolute atomic E-state index is 12.9. The molecule has 1 atom stereocenters. The fourth-order valence-corrected chi connectivity index (χ4v) is 3.35. The van der Waals surface area contributed by atoms with Crippen LogP contribution in [0.5, 0.6) is 0 Å². The number of anilines is 1. The molecular weight excluding hydrogens is 481 g/mol. The van der Waals surface area contributed by atoms with E-state index in [0.29, 0.717) is 10.6 Å². The number of amidine groups is 1. The molecule has 1 aliphatic rings. The average Bonchev–Trinajstić information content (AvgIpc) is 2.62. The summed E-state index contributed by atoms with van der Waals surface area (Å²) in [6.07, 6.45) is 1.98. The van der Waals surface area contributed by atoms with Crippen LogP contribution in [0.15, 0.2) is 65.9 Å². The van der Waals surface area contributed by atoms with Crippen molar-refractivity contribution in [1.82, 2.24) is 5.32 Å². The minimum Gasteiger partial charge on any atom is -1.00 e. The molecule has 26 heavy (non-hydrogen) atoms. The van der Waals surface area contributed by atoms with E-state index in [4.69, 9.17) is 11.6 Å². The number of halogens is 2. The minimum absolute atomic E-state index is 0. The van der Waals surface area contributed by atoms with Crippen LogP contribution >= 0.6 is 23.4 Å². The Morgan fingerprint density at radius 3 is 2.42 bits per heavy atom. The van der Waals surface area contributed by atoms with Crippen molar-refractivity contribution < 1.29 is 33.8 Å². The van der Waals surface area contributed by atoms with Gasteiger partial charge in [0.25, 0.3) is 5.91 Å². The van der Waals surface area contributed by atoms with Crippen molar-refractivity contribution in [3.8, 4) is 0 Å². The summed E-state index contributed by atoms with van der Waals surface area (Å²) in [5.41, 5.74) is 3.23. The largest absolute Gasteiger partial charge is 1.00 e. The predicted octanol–water partition coefficient (Wildman–Crippen LogP) is -0.299. The number of carbonyl (C=O) groups excluding carboxylic acids is 1. The number of thioether (sulfide) groups is 1. The molecule has 1 amide bonds. The van der Waals surface area contributed by atoms with Gasteiger partial charge in [-0.15, -0.1) is 0 Å². The van der Waals surface area contributed by atoms with E-state index in [1.807, 2.05) is 67.8 Å². The van der Waals surface area contributed by atoms with E-state index in [1.54, 1.807) is 11.8 Å². The third-order valence-corrected chi connectivity index (χ3v) is 4.83. The lowest BCUT2D eigenvalue weighted by atomic mass is 9.96. The van der Waals surface area contributed by atoms with Crippen LogP contribution in [0.2, 0.25) is 5.02 Å². The van der Waals surface area contributed by atoms with Gasteiger partial charge < -0.3 is 29.3 Å². The number of carbonyl (C=O) groups is 1. The quantitative estimate of drug-likeness (QED) is 0.509. The van der Waals surface area contributed by atoms with Crippen LogP contribution < -0.4 is 39.6 Å². The fourth-order valence-electron chi connectivity index (χ4n) is 2.73. The average molecular weight is 500 g/mol. The molecule has 4 nitrogen and oxygen atoms in total. The SMILES string of the molecule is CSC1=[NH+]C(c2ccc(Cl)cc2)C(C(=O)Nc2ccccc2)=C(C)N1.[I-]. The van der Waals surface area contributed by atoms with E-state index >= 15 is 0 Å². The van der Waals surface area contributed by atoms with Crippen LogP contribution in [0.1, 0.15) is 18.5 Å². The van der Waals surface area contributed by atoms with E-state index in [-0.39, 0.29) is 35.9 Å². The Bertz CT molecular complexity index is 838. The van der Waals surface area contributed by atoms with Crippen LogP contribution in [0.4, 0.5) is 5.69 Å². The lowest BCUT2D eigenvalue weighted by molar-refractivity contribution is -0.498. The molecule has 0 radical (unpaired) electrons. The molecule has 2 aromatic carbocycles. The summed E-state index contributed by atoms with van der Waals surface area (Å²) in [7, 11) is 0. The highest BCUT2D eigenvalue weighted by molar-refractivity contribution is 8.12. The zero-order chi connectivity index (χ0) is 17.8. The number of benzene rings is 2. The Hall–Kier alpha value is -1.51. The molecule has 136 valence electrons. The first-order valence-corrected chi connectivity index (χ1v) is 9.46. The lowest BCUT2D eigenvalue weighted by Crippen LogP contribution is -3.00. The number of hydrogen-bond donors (Lipinski definition) is 3. The molecule has 3 rings (SSSR count). The third kappa shape index (κ3) is 4.81. The lowest BCUT2D eigenvalue weighted by Gasteiger charge is -2.21. The highest BCUT2D eigenvalue weighted by Gasteiger charge is 2.33. The summed E-state index contributed by atoms with van der Waals surface area (Å²) >= 11 is 7.58. The summed E-state index contributed by atoms with van der Waals surface area (Å²) in [5, 5.41) is 7.80. The van der Waals surface area contributed by atoms with Gasteiger partial charge in [-0.25, -0.2) is 5.32 Å². The highest BCUT2D eigenvalue weighted by atomic mass is 127. The molecule has 0 bridgehead atoms. The molecule has 0 saturated heterocycles. The monoisotopic (exact) mass is 499 g/mol. The summed E-state index contributed by atoms with van der Waals surface area (Å²) < 4.78 is 0. The van der Waals surface area contributed by atoms with E-state index in [9.17, 15) is 4.79 Å². The number of amides is 1. The van der Waals surface area contributed by atoms with E-state index < -0.39 is 0 Å². The van der Waals surface area contributed by atoms with Crippen LogP contribution in [-0.2, 0) is 4.79 Å². The van der Waals surface area contributed by atoms with Crippen molar-refractivity contribution in [1.29, 1.82) is 0 Å². The van der Waals surface area contributed by atoms with Crippen molar-refractivity contribution in [2.75, 3.05) is 11.6 Å². The topological polar surface area (TPSA) is 55.1 Å². The van der Waals surface area contributed by atoms with Crippen LogP contribution in [-0.4, -0.2) is 17.3 Å². The molecule has 1 unspecified atom stereocenters. The predicted molar refractivity (Wildman–Crippen MR) is 105 cm³/mol. The normalized spacial score (nSPS) is 16.3. The van der Waals surface area contributed by atoms with Gasteiger partial charge in [0.2, 0.25) is 0 Å². The number of para-hydroxylation sites is 1. The van der Waals surface area contributed by atoms with Crippen molar-refractivity contribution in [3.63, 3.8) is 0 Å². The summed E-state index contributed by atoms with van der Waals surface area (Å²) in [4.78, 5) is 16.3. The molecule has 2 aromatic rings.